The van der Waals surface area contributed by atoms with Crippen molar-refractivity contribution in [1.82, 2.24) is 5.32 Å². The molecule has 0 aliphatic heterocycles. The van der Waals surface area contributed by atoms with Gasteiger partial charge >= 0.3 is 0 Å². The Kier molecular flexibility index (Phi) is 4.56. The lowest BCUT2D eigenvalue weighted by Gasteiger charge is -2.22. The van der Waals surface area contributed by atoms with Gasteiger partial charge in [-0.25, -0.2) is 4.39 Å². The third-order valence-electron chi connectivity index (χ3n) is 3.74. The average molecular weight is 271 g/mol. The van der Waals surface area contributed by atoms with Gasteiger partial charge in [0.15, 0.2) is 0 Å². The summed E-state index contributed by atoms with van der Waals surface area (Å²) >= 11 is 0. The highest BCUT2D eigenvalue weighted by Crippen LogP contribution is 2.23. The minimum absolute atomic E-state index is 0.112. The van der Waals surface area contributed by atoms with Crippen molar-refractivity contribution in [3.05, 3.63) is 70.5 Å². The molecule has 0 amide bonds. The highest BCUT2D eigenvalue weighted by Gasteiger charge is 2.13. The Hall–Kier alpha value is -1.67. The van der Waals surface area contributed by atoms with Crippen molar-refractivity contribution < 1.29 is 4.39 Å². The van der Waals surface area contributed by atoms with Gasteiger partial charge in [0.25, 0.3) is 0 Å². The predicted molar refractivity (Wildman–Crippen MR) is 82.3 cm³/mol. The molecule has 106 valence electrons. The van der Waals surface area contributed by atoms with Crippen molar-refractivity contribution >= 4 is 0 Å². The van der Waals surface area contributed by atoms with Crippen LogP contribution in [-0.4, -0.2) is 0 Å². The molecule has 1 unspecified atom stereocenters. The molecule has 0 saturated heterocycles. The van der Waals surface area contributed by atoms with Crippen molar-refractivity contribution in [2.24, 2.45) is 0 Å². The third-order valence-corrected chi connectivity index (χ3v) is 3.74. The van der Waals surface area contributed by atoms with Gasteiger partial charge in [0.1, 0.15) is 5.82 Å². The number of rotatable bonds is 4. The van der Waals surface area contributed by atoms with Crippen LogP contribution in [0.15, 0.2) is 42.5 Å². The van der Waals surface area contributed by atoms with E-state index in [1.807, 2.05) is 6.07 Å². The molecule has 2 rings (SSSR count). The van der Waals surface area contributed by atoms with E-state index in [2.05, 4.69) is 51.2 Å². The van der Waals surface area contributed by atoms with Gasteiger partial charge in [-0.15, -0.1) is 0 Å². The molecule has 2 aromatic carbocycles. The highest BCUT2D eigenvalue weighted by molar-refractivity contribution is 5.33. The van der Waals surface area contributed by atoms with Crippen LogP contribution in [0.4, 0.5) is 4.39 Å². The Morgan fingerprint density at radius 2 is 1.70 bits per heavy atom. The van der Waals surface area contributed by atoms with Gasteiger partial charge in [-0.1, -0.05) is 35.9 Å². The molecule has 0 aliphatic carbocycles. The molecular formula is C18H22FN. The second kappa shape index (κ2) is 6.19. The number of halogens is 1. The highest BCUT2D eigenvalue weighted by atomic mass is 19.1. The molecule has 0 heterocycles. The van der Waals surface area contributed by atoms with Crippen LogP contribution in [-0.2, 0) is 0 Å². The molecule has 0 spiro atoms. The first-order valence-electron chi connectivity index (χ1n) is 7.06. The summed E-state index contributed by atoms with van der Waals surface area (Å²) in [7, 11) is 0. The lowest BCUT2D eigenvalue weighted by atomic mass is 9.99. The summed E-state index contributed by atoms with van der Waals surface area (Å²) in [6.45, 7) is 8.44. The first-order valence-corrected chi connectivity index (χ1v) is 7.06. The van der Waals surface area contributed by atoms with Crippen molar-refractivity contribution in [3.8, 4) is 0 Å². The van der Waals surface area contributed by atoms with Gasteiger partial charge in [-0.2, -0.15) is 0 Å². The quantitative estimate of drug-likeness (QED) is 0.837. The lowest BCUT2D eigenvalue weighted by Crippen LogP contribution is -2.23. The number of aryl methyl sites for hydroxylation is 2. The molecule has 2 aromatic rings. The van der Waals surface area contributed by atoms with Gasteiger partial charge in [0.05, 0.1) is 0 Å². The summed E-state index contributed by atoms with van der Waals surface area (Å²) in [5.74, 6) is -0.185. The number of hydrogen-bond acceptors (Lipinski definition) is 1. The van der Waals surface area contributed by atoms with E-state index >= 15 is 0 Å². The van der Waals surface area contributed by atoms with E-state index < -0.39 is 0 Å². The molecule has 0 aliphatic rings. The fourth-order valence-corrected chi connectivity index (χ4v) is 2.65. The molecule has 0 aromatic heterocycles. The Morgan fingerprint density at radius 3 is 2.35 bits per heavy atom. The topological polar surface area (TPSA) is 12.0 Å². The third kappa shape index (κ3) is 3.45. The Labute approximate surface area is 120 Å². The van der Waals surface area contributed by atoms with Crippen LogP contribution in [0.2, 0.25) is 0 Å². The van der Waals surface area contributed by atoms with Crippen LogP contribution in [0.25, 0.3) is 0 Å². The van der Waals surface area contributed by atoms with Crippen molar-refractivity contribution in [3.63, 3.8) is 0 Å². The monoisotopic (exact) mass is 271 g/mol. The van der Waals surface area contributed by atoms with Crippen LogP contribution in [0, 0.1) is 19.7 Å². The van der Waals surface area contributed by atoms with E-state index in [0.717, 1.165) is 5.56 Å². The van der Waals surface area contributed by atoms with Gasteiger partial charge < -0.3 is 5.32 Å². The van der Waals surface area contributed by atoms with E-state index in [4.69, 9.17) is 0 Å². The van der Waals surface area contributed by atoms with Crippen LogP contribution in [0.5, 0.6) is 0 Å². The molecule has 20 heavy (non-hydrogen) atoms. The van der Waals surface area contributed by atoms with Gasteiger partial charge in [-0.05, 0) is 56.5 Å². The summed E-state index contributed by atoms with van der Waals surface area (Å²) in [4.78, 5) is 0. The molecule has 0 radical (unpaired) electrons. The second-order valence-corrected chi connectivity index (χ2v) is 5.53. The van der Waals surface area contributed by atoms with Crippen LogP contribution < -0.4 is 5.32 Å². The normalized spacial score (nSPS) is 14.1. The molecule has 0 bridgehead atoms. The van der Waals surface area contributed by atoms with Crippen LogP contribution in [0.3, 0.4) is 0 Å². The van der Waals surface area contributed by atoms with E-state index in [1.165, 1.54) is 22.8 Å². The maximum Gasteiger partial charge on any atom is 0.123 e. The van der Waals surface area contributed by atoms with Crippen LogP contribution >= 0.6 is 0 Å². The first kappa shape index (κ1) is 14.7. The zero-order valence-corrected chi connectivity index (χ0v) is 12.6. The summed E-state index contributed by atoms with van der Waals surface area (Å²) in [5, 5.41) is 3.53. The number of benzene rings is 2. The Balaban J connectivity index is 2.12. The zero-order valence-electron chi connectivity index (χ0n) is 12.6. The summed E-state index contributed by atoms with van der Waals surface area (Å²) in [5.41, 5.74) is 4.83. The molecular weight excluding hydrogens is 249 g/mol. The Morgan fingerprint density at radius 1 is 0.950 bits per heavy atom. The fraction of sp³-hybridized carbons (Fsp3) is 0.333. The van der Waals surface area contributed by atoms with E-state index in [0.29, 0.717) is 0 Å². The standard InChI is InChI=1S/C18H22FN/c1-12-8-9-18(13(2)10-12)15(4)20-14(3)16-6-5-7-17(19)11-16/h5-11,14-15,20H,1-4H3/t14-,15?/m0/s1. The summed E-state index contributed by atoms with van der Waals surface area (Å²) in [6.07, 6.45) is 0. The molecule has 2 heteroatoms. The zero-order chi connectivity index (χ0) is 14.7. The van der Waals surface area contributed by atoms with E-state index in [9.17, 15) is 4.39 Å². The summed E-state index contributed by atoms with van der Waals surface area (Å²) < 4.78 is 13.3. The second-order valence-electron chi connectivity index (χ2n) is 5.53. The number of nitrogens with one attached hydrogen (secondary N) is 1. The predicted octanol–water partition coefficient (Wildman–Crippen LogP) is 4.85. The minimum Gasteiger partial charge on any atom is -0.304 e. The SMILES string of the molecule is Cc1ccc(C(C)N[C@@H](C)c2cccc(F)c2)c(C)c1. The van der Waals surface area contributed by atoms with Crippen molar-refractivity contribution in [1.29, 1.82) is 0 Å². The van der Waals surface area contributed by atoms with Crippen molar-refractivity contribution in [2.75, 3.05) is 0 Å². The molecule has 0 fully saturated rings. The molecule has 2 atom stereocenters. The first-order chi connectivity index (χ1) is 9.47. The average Bonchev–Trinajstić information content (AvgIpc) is 2.38. The number of hydrogen-bond donors (Lipinski definition) is 1. The summed E-state index contributed by atoms with van der Waals surface area (Å²) in [6, 6.07) is 13.6. The maximum atomic E-state index is 13.3. The molecule has 1 N–H and O–H groups in total. The van der Waals surface area contributed by atoms with E-state index in [-0.39, 0.29) is 17.9 Å². The molecule has 1 nitrogen and oxygen atoms in total. The maximum absolute atomic E-state index is 13.3. The minimum atomic E-state index is -0.185. The smallest absolute Gasteiger partial charge is 0.123 e. The van der Waals surface area contributed by atoms with Gasteiger partial charge in [0, 0.05) is 12.1 Å². The fourth-order valence-electron chi connectivity index (χ4n) is 2.65. The van der Waals surface area contributed by atoms with Crippen molar-refractivity contribution in [2.45, 2.75) is 39.8 Å². The van der Waals surface area contributed by atoms with E-state index in [1.54, 1.807) is 12.1 Å². The molecule has 0 saturated carbocycles. The lowest BCUT2D eigenvalue weighted by molar-refractivity contribution is 0.490. The largest absolute Gasteiger partial charge is 0.304 e. The van der Waals surface area contributed by atoms with Crippen LogP contribution in [0.1, 0.15) is 48.2 Å². The Bertz CT molecular complexity index is 592. The van der Waals surface area contributed by atoms with Gasteiger partial charge in [0.2, 0.25) is 0 Å². The van der Waals surface area contributed by atoms with Gasteiger partial charge in [-0.3, -0.25) is 0 Å².